The molecule has 3 heterocycles. The van der Waals surface area contributed by atoms with Gasteiger partial charge < -0.3 is 15.6 Å². The largest absolute Gasteiger partial charge is 0.433 e. The molecule has 4 aromatic rings. The summed E-state index contributed by atoms with van der Waals surface area (Å²) in [5.41, 5.74) is -0.596. The molecule has 0 bridgehead atoms. The molecular formula is C28H24F3N5O4S. The third kappa shape index (κ3) is 5.01. The summed E-state index contributed by atoms with van der Waals surface area (Å²) in [5, 5.41) is 12.7. The second-order valence-electron chi connectivity index (χ2n) is 10.4. The number of anilines is 1. The van der Waals surface area contributed by atoms with Gasteiger partial charge in [-0.2, -0.15) is 18.3 Å². The molecule has 0 saturated heterocycles. The van der Waals surface area contributed by atoms with Gasteiger partial charge in [-0.15, -0.1) is 0 Å². The van der Waals surface area contributed by atoms with Crippen LogP contribution in [0.5, 0.6) is 0 Å². The Kier molecular flexibility index (Phi) is 6.29. The van der Waals surface area contributed by atoms with Gasteiger partial charge in [0.2, 0.25) is 0 Å². The van der Waals surface area contributed by atoms with Gasteiger partial charge in [-0.05, 0) is 74.8 Å². The first-order chi connectivity index (χ1) is 19.4. The van der Waals surface area contributed by atoms with Gasteiger partial charge in [-0.1, -0.05) is 24.6 Å². The number of benzene rings is 2. The average molecular weight is 584 g/mol. The molecule has 2 aliphatic rings. The van der Waals surface area contributed by atoms with E-state index in [1.54, 1.807) is 18.2 Å². The molecule has 2 amide bonds. The third-order valence-corrected chi connectivity index (χ3v) is 9.08. The SMILES string of the molecule is C=S1(=O)C=C[C@@H](NC(=O)c2cc3ccc(C4CCC4)c(C(=O)Nc4ccc5n[nH]c(C(F)(F)F)c5c4)c3[nH]c2=O)C1. The summed E-state index contributed by atoms with van der Waals surface area (Å²) in [6, 6.07) is 8.36. The minimum Gasteiger partial charge on any atom is -0.345 e. The van der Waals surface area contributed by atoms with Crippen molar-refractivity contribution >= 4 is 54.7 Å². The Labute approximate surface area is 231 Å². The van der Waals surface area contributed by atoms with Gasteiger partial charge in [0.1, 0.15) is 11.3 Å². The van der Waals surface area contributed by atoms with Gasteiger partial charge in [0.15, 0.2) is 0 Å². The number of carbonyl (C=O) groups excluding carboxylic acids is 2. The normalized spacial score (nSPS) is 20.8. The summed E-state index contributed by atoms with van der Waals surface area (Å²) in [6.07, 6.45) is -0.414. The Morgan fingerprint density at radius 1 is 1.10 bits per heavy atom. The number of halogens is 3. The quantitative estimate of drug-likeness (QED) is 0.260. The molecule has 1 fully saturated rings. The average Bonchev–Trinajstić information content (AvgIpc) is 3.44. The Bertz CT molecular complexity index is 1940. The number of aromatic amines is 2. The predicted molar refractivity (Wildman–Crippen MR) is 151 cm³/mol. The van der Waals surface area contributed by atoms with Crippen LogP contribution in [-0.2, 0) is 15.7 Å². The topological polar surface area (TPSA) is 137 Å². The minimum absolute atomic E-state index is 0.0754. The van der Waals surface area contributed by atoms with Crippen molar-refractivity contribution in [3.05, 3.63) is 80.6 Å². The van der Waals surface area contributed by atoms with Crippen molar-refractivity contribution in [1.29, 1.82) is 0 Å². The number of hydrogen-bond donors (Lipinski definition) is 4. The number of hydrogen-bond acceptors (Lipinski definition) is 5. The smallest absolute Gasteiger partial charge is 0.345 e. The van der Waals surface area contributed by atoms with E-state index in [1.165, 1.54) is 29.7 Å². The zero-order valence-corrected chi connectivity index (χ0v) is 22.2. The lowest BCUT2D eigenvalue weighted by molar-refractivity contribution is -0.139. The molecule has 2 aromatic heterocycles. The van der Waals surface area contributed by atoms with Crippen LogP contribution < -0.4 is 16.2 Å². The Morgan fingerprint density at radius 2 is 1.88 bits per heavy atom. The molecule has 0 radical (unpaired) electrons. The summed E-state index contributed by atoms with van der Waals surface area (Å²) in [7, 11) is -2.42. The van der Waals surface area contributed by atoms with Gasteiger partial charge in [0, 0.05) is 16.8 Å². The van der Waals surface area contributed by atoms with Crippen molar-refractivity contribution in [2.75, 3.05) is 11.1 Å². The first-order valence-electron chi connectivity index (χ1n) is 12.8. The van der Waals surface area contributed by atoms with E-state index in [0.29, 0.717) is 10.9 Å². The minimum atomic E-state index is -4.66. The summed E-state index contributed by atoms with van der Waals surface area (Å²) in [4.78, 5) is 42.3. The van der Waals surface area contributed by atoms with Crippen LogP contribution in [0.1, 0.15) is 57.2 Å². The van der Waals surface area contributed by atoms with E-state index in [4.69, 9.17) is 0 Å². The number of fused-ring (bicyclic) bond motifs is 2. The first kappa shape index (κ1) is 26.8. The van der Waals surface area contributed by atoms with E-state index in [2.05, 4.69) is 26.6 Å². The van der Waals surface area contributed by atoms with Gasteiger partial charge in [-0.25, -0.2) is 0 Å². The number of carbonyl (C=O) groups is 2. The number of nitrogens with zero attached hydrogens (tertiary/aromatic N) is 1. The van der Waals surface area contributed by atoms with E-state index in [0.717, 1.165) is 19.3 Å². The molecule has 9 nitrogen and oxygen atoms in total. The molecule has 4 N–H and O–H groups in total. The second-order valence-corrected chi connectivity index (χ2v) is 12.7. The molecule has 41 heavy (non-hydrogen) atoms. The number of aromatic nitrogens is 3. The molecule has 1 unspecified atom stereocenters. The van der Waals surface area contributed by atoms with Gasteiger partial charge in [0.25, 0.3) is 17.4 Å². The molecule has 1 aliphatic heterocycles. The lowest BCUT2D eigenvalue weighted by atomic mass is 9.77. The maximum Gasteiger partial charge on any atom is 0.433 e. The summed E-state index contributed by atoms with van der Waals surface area (Å²) < 4.78 is 52.3. The van der Waals surface area contributed by atoms with Crippen molar-refractivity contribution in [3.8, 4) is 0 Å². The predicted octanol–water partition coefficient (Wildman–Crippen LogP) is 4.29. The van der Waals surface area contributed by atoms with Crippen molar-refractivity contribution in [1.82, 2.24) is 20.5 Å². The standard InChI is InChI=1S/C28H24F3N5O4S/c1-41(40)10-9-17(13-41)33-25(37)20-11-15-5-7-18(14-3-2-4-14)22(23(15)34-26(20)38)27(39)32-16-6-8-21-19(12-16)24(36-35-21)28(29,30)31/h5-12,14,17H,1-4,13H2,(H,32,39)(H,33,37)(H,34,38)(H,35,36)/t17-,41?/m1/s1. The highest BCUT2D eigenvalue weighted by molar-refractivity contribution is 8.03. The van der Waals surface area contributed by atoms with E-state index in [-0.39, 0.29) is 44.9 Å². The molecule has 2 aromatic carbocycles. The molecule has 0 spiro atoms. The van der Waals surface area contributed by atoms with Crippen molar-refractivity contribution in [3.63, 3.8) is 0 Å². The second kappa shape index (κ2) is 9.61. The van der Waals surface area contributed by atoms with E-state index < -0.39 is 44.8 Å². The summed E-state index contributed by atoms with van der Waals surface area (Å²) in [6.45, 7) is 0. The van der Waals surface area contributed by atoms with Crippen molar-refractivity contribution in [2.45, 2.75) is 37.4 Å². The molecule has 2 atom stereocenters. The van der Waals surface area contributed by atoms with Crippen LogP contribution in [0.15, 0.2) is 52.7 Å². The first-order valence-corrected chi connectivity index (χ1v) is 14.8. The number of pyridine rings is 1. The monoisotopic (exact) mass is 583 g/mol. The molecule has 6 rings (SSSR count). The van der Waals surface area contributed by atoms with Crippen LogP contribution >= 0.6 is 0 Å². The van der Waals surface area contributed by atoms with Crippen LogP contribution in [0.25, 0.3) is 21.8 Å². The van der Waals surface area contributed by atoms with Gasteiger partial charge in [-0.3, -0.25) is 23.7 Å². The number of rotatable bonds is 5. The maximum absolute atomic E-state index is 13.7. The third-order valence-electron chi connectivity index (χ3n) is 7.50. The fraction of sp³-hybridized carbons (Fsp3) is 0.250. The van der Waals surface area contributed by atoms with Crippen molar-refractivity contribution in [2.24, 2.45) is 0 Å². The summed E-state index contributed by atoms with van der Waals surface area (Å²) in [5.74, 6) is 2.54. The highest BCUT2D eigenvalue weighted by Crippen LogP contribution is 2.40. The van der Waals surface area contributed by atoms with Crippen LogP contribution in [0.4, 0.5) is 18.9 Å². The maximum atomic E-state index is 13.7. The Hall–Kier alpha value is -4.39. The van der Waals surface area contributed by atoms with Crippen LogP contribution in [-0.4, -0.2) is 48.9 Å². The van der Waals surface area contributed by atoms with Crippen LogP contribution in [0.2, 0.25) is 0 Å². The lowest BCUT2D eigenvalue weighted by Gasteiger charge is -2.28. The Morgan fingerprint density at radius 3 is 2.54 bits per heavy atom. The highest BCUT2D eigenvalue weighted by atomic mass is 32.2. The zero-order valence-electron chi connectivity index (χ0n) is 21.4. The molecule has 13 heteroatoms. The highest BCUT2D eigenvalue weighted by Gasteiger charge is 2.35. The lowest BCUT2D eigenvalue weighted by Crippen LogP contribution is -2.38. The molecule has 212 valence electrons. The number of alkyl halides is 3. The van der Waals surface area contributed by atoms with Gasteiger partial charge in [0.05, 0.1) is 22.6 Å². The van der Waals surface area contributed by atoms with Gasteiger partial charge >= 0.3 is 6.18 Å². The van der Waals surface area contributed by atoms with E-state index >= 15 is 0 Å². The molecule has 1 saturated carbocycles. The van der Waals surface area contributed by atoms with Crippen LogP contribution in [0.3, 0.4) is 0 Å². The Balaban J connectivity index is 1.37. The van der Waals surface area contributed by atoms with Crippen LogP contribution in [0, 0.1) is 0 Å². The number of H-pyrrole nitrogens is 2. The van der Waals surface area contributed by atoms with E-state index in [9.17, 15) is 31.8 Å². The number of nitrogens with one attached hydrogen (secondary N) is 4. The number of amides is 2. The molecule has 1 aliphatic carbocycles. The fourth-order valence-corrected chi connectivity index (χ4v) is 6.64. The zero-order chi connectivity index (χ0) is 29.1. The van der Waals surface area contributed by atoms with E-state index in [1.807, 2.05) is 5.10 Å². The fourth-order valence-electron chi connectivity index (χ4n) is 5.25. The molecular weight excluding hydrogens is 559 g/mol. The van der Waals surface area contributed by atoms with Crippen molar-refractivity contribution < 1.29 is 27.0 Å². The summed E-state index contributed by atoms with van der Waals surface area (Å²) >= 11 is 0.